The predicted octanol–water partition coefficient (Wildman–Crippen LogP) is 2.55. The van der Waals surface area contributed by atoms with Crippen LogP contribution in [-0.2, 0) is 0 Å². The third-order valence-electron chi connectivity index (χ3n) is 2.01. The van der Waals surface area contributed by atoms with Crippen molar-refractivity contribution in [2.45, 2.75) is 13.8 Å². The molecule has 3 heteroatoms. The van der Waals surface area contributed by atoms with E-state index in [4.69, 9.17) is 16.9 Å². The summed E-state index contributed by atoms with van der Waals surface area (Å²) in [5.74, 6) is 0. The maximum absolute atomic E-state index is 10.8. The lowest BCUT2D eigenvalue weighted by molar-refractivity contribution is 0.108. The number of benzene rings is 1. The highest BCUT2D eigenvalue weighted by molar-refractivity contribution is 6.67. The smallest absolute Gasteiger partial charge is 0.252 e. The van der Waals surface area contributed by atoms with Crippen molar-refractivity contribution in [3.63, 3.8) is 0 Å². The number of halogens is 1. The van der Waals surface area contributed by atoms with Gasteiger partial charge >= 0.3 is 0 Å². The van der Waals surface area contributed by atoms with Gasteiger partial charge in [-0.15, -0.1) is 0 Å². The molecule has 0 aromatic heterocycles. The lowest BCUT2D eigenvalue weighted by atomic mass is 10.0. The molecule has 0 amide bonds. The van der Waals surface area contributed by atoms with Gasteiger partial charge in [0.1, 0.15) is 0 Å². The predicted molar refractivity (Wildman–Crippen MR) is 50.8 cm³/mol. The maximum Gasteiger partial charge on any atom is 0.252 e. The van der Waals surface area contributed by atoms with Gasteiger partial charge in [0.2, 0.25) is 0 Å². The summed E-state index contributed by atoms with van der Waals surface area (Å²) in [5.41, 5.74) is 2.68. The van der Waals surface area contributed by atoms with Crippen molar-refractivity contribution in [1.82, 2.24) is 0 Å². The number of carbonyl (C=O) groups is 1. The van der Waals surface area contributed by atoms with E-state index < -0.39 is 5.24 Å². The van der Waals surface area contributed by atoms with Gasteiger partial charge in [0.25, 0.3) is 5.24 Å². The van der Waals surface area contributed by atoms with Crippen LogP contribution in [0.25, 0.3) is 0 Å². The topological polar surface area (TPSA) is 40.9 Å². The van der Waals surface area contributed by atoms with Crippen LogP contribution in [0.3, 0.4) is 0 Å². The van der Waals surface area contributed by atoms with E-state index in [1.807, 2.05) is 19.9 Å². The van der Waals surface area contributed by atoms with Gasteiger partial charge in [0.05, 0.1) is 11.6 Å². The molecule has 0 saturated heterocycles. The van der Waals surface area contributed by atoms with Gasteiger partial charge in [-0.3, -0.25) is 4.79 Å². The molecule has 0 aliphatic heterocycles. The molecule has 0 radical (unpaired) electrons. The lowest BCUT2D eigenvalue weighted by Gasteiger charge is -2.03. The van der Waals surface area contributed by atoms with Crippen molar-refractivity contribution in [3.05, 3.63) is 34.4 Å². The molecule has 0 bridgehead atoms. The molecule has 0 fully saturated rings. The van der Waals surface area contributed by atoms with E-state index in [0.717, 1.165) is 11.1 Å². The first kappa shape index (κ1) is 9.76. The van der Waals surface area contributed by atoms with Crippen molar-refractivity contribution < 1.29 is 4.79 Å². The second-order valence-corrected chi connectivity index (χ2v) is 3.19. The molecule has 13 heavy (non-hydrogen) atoms. The average molecular weight is 194 g/mol. The van der Waals surface area contributed by atoms with Gasteiger partial charge in [0.15, 0.2) is 0 Å². The zero-order chi connectivity index (χ0) is 10.0. The molecule has 0 aliphatic rings. The number of hydrogen-bond acceptors (Lipinski definition) is 2. The molecule has 0 aliphatic carbocycles. The quantitative estimate of drug-likeness (QED) is 0.644. The molecular formula is C10H8ClNO. The molecular weight excluding hydrogens is 186 g/mol. The van der Waals surface area contributed by atoms with E-state index >= 15 is 0 Å². The van der Waals surface area contributed by atoms with Crippen molar-refractivity contribution in [2.75, 3.05) is 0 Å². The van der Waals surface area contributed by atoms with Crippen molar-refractivity contribution in [2.24, 2.45) is 0 Å². The number of hydrogen-bond donors (Lipinski definition) is 0. The first-order valence-corrected chi connectivity index (χ1v) is 4.15. The van der Waals surface area contributed by atoms with Gasteiger partial charge < -0.3 is 0 Å². The molecule has 0 heterocycles. The third kappa shape index (κ3) is 1.88. The van der Waals surface area contributed by atoms with Crippen LogP contribution in [0.4, 0.5) is 0 Å². The lowest BCUT2D eigenvalue weighted by Crippen LogP contribution is -1.95. The van der Waals surface area contributed by atoms with Gasteiger partial charge in [0, 0.05) is 5.56 Å². The number of aryl methyl sites for hydroxylation is 1. The Morgan fingerprint density at radius 2 is 2.08 bits per heavy atom. The van der Waals surface area contributed by atoms with Crippen LogP contribution in [0.15, 0.2) is 12.1 Å². The largest absolute Gasteiger partial charge is 0.276 e. The SMILES string of the molecule is Cc1cc(C(=O)Cl)cc(C#N)c1C. The summed E-state index contributed by atoms with van der Waals surface area (Å²) in [6, 6.07) is 5.22. The highest BCUT2D eigenvalue weighted by atomic mass is 35.5. The first-order valence-electron chi connectivity index (χ1n) is 3.77. The highest BCUT2D eigenvalue weighted by Crippen LogP contribution is 2.16. The highest BCUT2D eigenvalue weighted by Gasteiger charge is 2.07. The van der Waals surface area contributed by atoms with E-state index in [1.165, 1.54) is 6.07 Å². The van der Waals surface area contributed by atoms with E-state index in [1.54, 1.807) is 6.07 Å². The normalized spacial score (nSPS) is 9.38. The summed E-state index contributed by atoms with van der Waals surface area (Å²) < 4.78 is 0. The minimum absolute atomic E-state index is 0.376. The maximum atomic E-state index is 10.8. The van der Waals surface area contributed by atoms with Crippen molar-refractivity contribution in [1.29, 1.82) is 5.26 Å². The Morgan fingerprint density at radius 1 is 1.46 bits per heavy atom. The Bertz CT molecular complexity index is 404. The first-order chi connectivity index (χ1) is 6.06. The monoisotopic (exact) mass is 193 g/mol. The van der Waals surface area contributed by atoms with Gasteiger partial charge in [-0.2, -0.15) is 5.26 Å². The summed E-state index contributed by atoms with van der Waals surface area (Å²) in [4.78, 5) is 10.8. The zero-order valence-corrected chi connectivity index (χ0v) is 8.14. The van der Waals surface area contributed by atoms with Crippen LogP contribution >= 0.6 is 11.6 Å². The number of rotatable bonds is 1. The van der Waals surface area contributed by atoms with Crippen LogP contribution < -0.4 is 0 Å². The number of carbonyl (C=O) groups excluding carboxylic acids is 1. The second-order valence-electron chi connectivity index (χ2n) is 2.85. The fourth-order valence-corrected chi connectivity index (χ4v) is 1.20. The molecule has 1 rings (SSSR count). The average Bonchev–Trinajstić information content (AvgIpc) is 2.09. The Kier molecular flexibility index (Phi) is 2.69. The summed E-state index contributed by atoms with van der Waals surface area (Å²) >= 11 is 5.31. The molecule has 1 aromatic rings. The number of nitrogens with zero attached hydrogens (tertiary/aromatic N) is 1. The summed E-state index contributed by atoms with van der Waals surface area (Å²) in [6.07, 6.45) is 0. The van der Waals surface area contributed by atoms with Crippen LogP contribution in [0.1, 0.15) is 27.0 Å². The minimum Gasteiger partial charge on any atom is -0.276 e. The molecule has 0 spiro atoms. The second kappa shape index (κ2) is 3.59. The zero-order valence-electron chi connectivity index (χ0n) is 7.39. The summed E-state index contributed by atoms with van der Waals surface area (Å²) in [6.45, 7) is 3.69. The minimum atomic E-state index is -0.528. The fraction of sp³-hybridized carbons (Fsp3) is 0.200. The van der Waals surface area contributed by atoms with Crippen LogP contribution in [-0.4, -0.2) is 5.24 Å². The molecule has 0 atom stereocenters. The molecule has 66 valence electrons. The number of nitriles is 1. The fourth-order valence-electron chi connectivity index (χ4n) is 1.09. The van der Waals surface area contributed by atoms with Gasteiger partial charge in [-0.25, -0.2) is 0 Å². The molecule has 0 saturated carbocycles. The van der Waals surface area contributed by atoms with Gasteiger partial charge in [-0.1, -0.05) is 0 Å². The Balaban J connectivity index is 3.41. The standard InChI is InChI=1S/C10H8ClNO/c1-6-3-8(10(11)13)4-9(5-12)7(6)2/h3-4H,1-2H3. The Labute approximate surface area is 81.7 Å². The van der Waals surface area contributed by atoms with E-state index in [9.17, 15) is 4.79 Å². The Morgan fingerprint density at radius 3 is 2.54 bits per heavy atom. The van der Waals surface area contributed by atoms with Crippen molar-refractivity contribution >= 4 is 16.8 Å². The van der Waals surface area contributed by atoms with E-state index in [2.05, 4.69) is 0 Å². The molecule has 1 aromatic carbocycles. The molecule has 2 nitrogen and oxygen atoms in total. The van der Waals surface area contributed by atoms with Crippen LogP contribution in [0.2, 0.25) is 0 Å². The van der Waals surface area contributed by atoms with Crippen LogP contribution in [0, 0.1) is 25.2 Å². The summed E-state index contributed by atoms with van der Waals surface area (Å²) in [7, 11) is 0. The Hall–Kier alpha value is -1.33. The molecule has 0 N–H and O–H groups in total. The molecule has 0 unspecified atom stereocenters. The van der Waals surface area contributed by atoms with Gasteiger partial charge in [-0.05, 0) is 48.7 Å². The third-order valence-corrected chi connectivity index (χ3v) is 2.23. The van der Waals surface area contributed by atoms with Crippen LogP contribution in [0.5, 0.6) is 0 Å². The van der Waals surface area contributed by atoms with E-state index in [0.29, 0.717) is 11.1 Å². The summed E-state index contributed by atoms with van der Waals surface area (Å²) in [5, 5.41) is 8.22. The van der Waals surface area contributed by atoms with Crippen molar-refractivity contribution in [3.8, 4) is 6.07 Å². The van der Waals surface area contributed by atoms with E-state index in [-0.39, 0.29) is 0 Å².